The molecule has 10 N–H and O–H groups in total. The van der Waals surface area contributed by atoms with Crippen molar-refractivity contribution in [2.75, 3.05) is 59.1 Å². The Balaban J connectivity index is 1.42. The number of carbonyl (C=O) groups excluding carboxylic acids is 6. The van der Waals surface area contributed by atoms with Gasteiger partial charge in [0, 0.05) is 38.9 Å². The Kier molecular flexibility index (Phi) is 19.2. The summed E-state index contributed by atoms with van der Waals surface area (Å²) in [5.74, 6) is -3.65. The van der Waals surface area contributed by atoms with Crippen LogP contribution in [0.25, 0.3) is 0 Å². The predicted octanol–water partition coefficient (Wildman–Crippen LogP) is -6.53. The van der Waals surface area contributed by atoms with E-state index in [4.69, 9.17) is 23.8 Å². The fourth-order valence-corrected chi connectivity index (χ4v) is 5.64. The monoisotopic (exact) mass is 795 g/mol. The first-order valence-electron chi connectivity index (χ1n) is 17.9. The first-order valence-corrected chi connectivity index (χ1v) is 17.9. The molecule has 23 heteroatoms. The van der Waals surface area contributed by atoms with Gasteiger partial charge in [0.05, 0.1) is 45.6 Å². The molecular weight excluding hydrogens is 742 g/mol. The SMILES string of the molecule is C[C@@H]1O[C@@H](OCCNC(=O)CN(CC(=O)NCCCCCC(=O)ON2C(=O)CCC2=O)CC(=O)NCCOC2O[C@H](CO)[C@@H](O)[C@H](O)[C@@H]2O)[C@@H](O)[C@H](O)[C@@H]1O. The largest absolute Gasteiger partial charge is 0.394 e. The normalized spacial score (nSPS) is 29.7. The number of carbonyl (C=O) groups is 6. The van der Waals surface area contributed by atoms with E-state index >= 15 is 0 Å². The van der Waals surface area contributed by atoms with Crippen LogP contribution < -0.4 is 16.0 Å². The van der Waals surface area contributed by atoms with Gasteiger partial charge in [0.1, 0.15) is 42.7 Å². The van der Waals surface area contributed by atoms with Gasteiger partial charge in [0.25, 0.3) is 11.8 Å². The Bertz CT molecular complexity index is 1280. The van der Waals surface area contributed by atoms with Gasteiger partial charge in [0.15, 0.2) is 12.6 Å². The highest BCUT2D eigenvalue weighted by atomic mass is 16.7. The van der Waals surface area contributed by atoms with E-state index in [1.165, 1.54) is 11.8 Å². The van der Waals surface area contributed by atoms with Crippen LogP contribution in [0.3, 0.4) is 0 Å². The van der Waals surface area contributed by atoms with Crippen LogP contribution in [0.1, 0.15) is 45.4 Å². The van der Waals surface area contributed by atoms with Gasteiger partial charge in [-0.2, -0.15) is 0 Å². The third-order valence-electron chi connectivity index (χ3n) is 8.75. The minimum atomic E-state index is -1.65. The molecule has 3 aliphatic heterocycles. The maximum absolute atomic E-state index is 12.8. The molecule has 3 rings (SSSR count). The molecule has 0 aromatic carbocycles. The molecule has 10 atom stereocenters. The standard InChI is InChI=1S/C32H53N5O18/c1-17-25(45)27(47)29(49)31(53-17)51-11-9-34-20(40)14-36(15-21(41)35-10-12-52-32-30(50)28(48)26(46)18(16-38)54-32)13-19(39)33-8-4-2-3-5-24(44)55-37-22(42)6-7-23(37)43/h17-18,25-32,38,45-50H,2-16H2,1H3,(H,33,39)(H,34,40)(H,35,41)/t17-,18+,25+,26+,27+,28-,29-,30-,31+,32?/m0/s1. The van der Waals surface area contributed by atoms with Gasteiger partial charge >= 0.3 is 5.97 Å². The molecule has 3 aliphatic rings. The lowest BCUT2D eigenvalue weighted by Gasteiger charge is -2.39. The number of hydroxylamine groups is 2. The van der Waals surface area contributed by atoms with Crippen molar-refractivity contribution in [1.82, 2.24) is 25.9 Å². The van der Waals surface area contributed by atoms with Crippen LogP contribution in [0.15, 0.2) is 0 Å². The molecule has 0 bridgehead atoms. The lowest BCUT2D eigenvalue weighted by atomic mass is 9.99. The maximum atomic E-state index is 12.8. The number of rotatable bonds is 22. The van der Waals surface area contributed by atoms with Crippen LogP contribution in [0, 0.1) is 0 Å². The average molecular weight is 796 g/mol. The van der Waals surface area contributed by atoms with Crippen molar-refractivity contribution in [3.8, 4) is 0 Å². The van der Waals surface area contributed by atoms with Crippen LogP contribution in [0.5, 0.6) is 0 Å². The molecule has 55 heavy (non-hydrogen) atoms. The molecule has 0 aromatic rings. The summed E-state index contributed by atoms with van der Waals surface area (Å²) in [6.07, 6.45) is -12.7. The number of nitrogens with one attached hydrogen (secondary N) is 3. The molecular formula is C32H53N5O18. The highest BCUT2D eigenvalue weighted by molar-refractivity contribution is 6.01. The molecule has 5 amide bonds. The van der Waals surface area contributed by atoms with Crippen molar-refractivity contribution in [2.24, 2.45) is 0 Å². The first-order chi connectivity index (χ1) is 26.1. The second kappa shape index (κ2) is 22.9. The summed E-state index contributed by atoms with van der Waals surface area (Å²) in [5.41, 5.74) is 0. The van der Waals surface area contributed by atoms with Gasteiger partial charge in [-0.25, -0.2) is 4.79 Å². The van der Waals surface area contributed by atoms with Crippen LogP contribution in [-0.2, 0) is 52.6 Å². The second-order valence-corrected chi connectivity index (χ2v) is 13.2. The molecule has 0 saturated carbocycles. The smallest absolute Gasteiger partial charge is 0.333 e. The van der Waals surface area contributed by atoms with E-state index in [1.54, 1.807) is 0 Å². The van der Waals surface area contributed by atoms with Crippen molar-refractivity contribution in [2.45, 2.75) is 107 Å². The Morgan fingerprint density at radius 2 is 1.18 bits per heavy atom. The number of nitrogens with zero attached hydrogens (tertiary/aromatic N) is 2. The summed E-state index contributed by atoms with van der Waals surface area (Å²) in [4.78, 5) is 79.4. The third-order valence-corrected chi connectivity index (χ3v) is 8.75. The Hall–Kier alpha value is -3.46. The Morgan fingerprint density at radius 1 is 0.691 bits per heavy atom. The van der Waals surface area contributed by atoms with Gasteiger partial charge in [-0.15, -0.1) is 5.06 Å². The number of ether oxygens (including phenoxy) is 4. The van der Waals surface area contributed by atoms with E-state index in [0.717, 1.165) is 0 Å². The van der Waals surface area contributed by atoms with E-state index in [2.05, 4.69) is 16.0 Å². The molecule has 3 fully saturated rings. The summed E-state index contributed by atoms with van der Waals surface area (Å²) in [7, 11) is 0. The molecule has 314 valence electrons. The van der Waals surface area contributed by atoms with Crippen LogP contribution in [0.4, 0.5) is 0 Å². The highest BCUT2D eigenvalue weighted by Crippen LogP contribution is 2.23. The van der Waals surface area contributed by atoms with Gasteiger partial charge in [0.2, 0.25) is 17.7 Å². The molecule has 0 spiro atoms. The second-order valence-electron chi connectivity index (χ2n) is 13.2. The summed E-state index contributed by atoms with van der Waals surface area (Å²) >= 11 is 0. The molecule has 3 heterocycles. The zero-order valence-corrected chi connectivity index (χ0v) is 30.4. The number of imide groups is 1. The Labute approximate surface area is 315 Å². The molecule has 0 radical (unpaired) electrons. The number of aliphatic hydroxyl groups is 7. The number of amides is 5. The topological polar surface area (TPSA) is 333 Å². The fraction of sp³-hybridized carbons (Fsp3) is 0.812. The minimum Gasteiger partial charge on any atom is -0.394 e. The Morgan fingerprint density at radius 3 is 1.71 bits per heavy atom. The van der Waals surface area contributed by atoms with Crippen LogP contribution in [0.2, 0.25) is 0 Å². The molecule has 23 nitrogen and oxygen atoms in total. The molecule has 3 saturated heterocycles. The van der Waals surface area contributed by atoms with E-state index in [-0.39, 0.29) is 58.7 Å². The van der Waals surface area contributed by atoms with Gasteiger partial charge in [-0.1, -0.05) is 6.42 Å². The number of hydrogen-bond acceptors (Lipinski definition) is 19. The number of aliphatic hydroxyl groups excluding tert-OH is 7. The molecule has 0 aliphatic carbocycles. The van der Waals surface area contributed by atoms with Gasteiger partial charge in [-0.3, -0.25) is 28.9 Å². The van der Waals surface area contributed by atoms with Crippen molar-refractivity contribution in [3.63, 3.8) is 0 Å². The number of hydrogen-bond donors (Lipinski definition) is 10. The lowest BCUT2D eigenvalue weighted by Crippen LogP contribution is -2.59. The molecule has 1 unspecified atom stereocenters. The number of unbranched alkanes of at least 4 members (excludes halogenated alkanes) is 2. The van der Waals surface area contributed by atoms with Crippen LogP contribution >= 0.6 is 0 Å². The van der Waals surface area contributed by atoms with Gasteiger partial charge < -0.3 is 75.5 Å². The van der Waals surface area contributed by atoms with E-state index in [1.807, 2.05) is 0 Å². The predicted molar refractivity (Wildman–Crippen MR) is 179 cm³/mol. The van der Waals surface area contributed by atoms with E-state index in [0.29, 0.717) is 24.3 Å². The average Bonchev–Trinajstić information content (AvgIpc) is 3.46. The summed E-state index contributed by atoms with van der Waals surface area (Å²) in [5, 5.41) is 77.2. The molecule has 0 aromatic heterocycles. The summed E-state index contributed by atoms with van der Waals surface area (Å²) in [6.45, 7) is -0.817. The zero-order valence-electron chi connectivity index (χ0n) is 30.4. The summed E-state index contributed by atoms with van der Waals surface area (Å²) < 4.78 is 21.3. The first kappa shape index (κ1) is 45.9. The van der Waals surface area contributed by atoms with Crippen molar-refractivity contribution in [1.29, 1.82) is 0 Å². The van der Waals surface area contributed by atoms with Gasteiger partial charge in [-0.05, 0) is 19.8 Å². The lowest BCUT2D eigenvalue weighted by molar-refractivity contribution is -0.300. The van der Waals surface area contributed by atoms with E-state index in [9.17, 15) is 64.5 Å². The fourth-order valence-electron chi connectivity index (χ4n) is 5.64. The maximum Gasteiger partial charge on any atom is 0.333 e. The van der Waals surface area contributed by atoms with Crippen molar-refractivity contribution < 1.29 is 88.3 Å². The van der Waals surface area contributed by atoms with E-state index < -0.39 is 117 Å². The van der Waals surface area contributed by atoms with Crippen molar-refractivity contribution in [3.05, 3.63) is 0 Å². The summed E-state index contributed by atoms with van der Waals surface area (Å²) in [6, 6.07) is 0. The third kappa shape index (κ3) is 14.5. The van der Waals surface area contributed by atoms with Crippen molar-refractivity contribution >= 4 is 35.5 Å². The zero-order chi connectivity index (χ0) is 40.7. The minimum absolute atomic E-state index is 0.0159. The van der Waals surface area contributed by atoms with Crippen LogP contribution in [-0.4, -0.2) is 202 Å². The highest BCUT2D eigenvalue weighted by Gasteiger charge is 2.44. The quantitative estimate of drug-likeness (QED) is 0.0360.